The fourth-order valence-corrected chi connectivity index (χ4v) is 4.13. The molecule has 1 heteroatoms. The highest BCUT2D eigenvalue weighted by molar-refractivity contribution is 9.09. The van der Waals surface area contributed by atoms with E-state index in [1.54, 1.807) is 0 Å². The Morgan fingerprint density at radius 1 is 1.06 bits per heavy atom. The van der Waals surface area contributed by atoms with Gasteiger partial charge in [0.1, 0.15) is 0 Å². The van der Waals surface area contributed by atoms with Crippen LogP contribution in [0, 0.1) is 17.8 Å². The number of benzene rings is 1. The van der Waals surface area contributed by atoms with Crippen LogP contribution in [0.5, 0.6) is 0 Å². The van der Waals surface area contributed by atoms with Gasteiger partial charge in [-0.25, -0.2) is 0 Å². The fourth-order valence-electron chi connectivity index (χ4n) is 3.56. The van der Waals surface area contributed by atoms with E-state index in [4.69, 9.17) is 0 Å². The average Bonchev–Trinajstić information content (AvgIpc) is 2.36. The molecule has 1 fully saturated rings. The van der Waals surface area contributed by atoms with Crippen molar-refractivity contribution < 1.29 is 0 Å². The van der Waals surface area contributed by atoms with Gasteiger partial charge in [0.2, 0.25) is 0 Å². The molecular formula is C17H25Br. The first kappa shape index (κ1) is 14.1. The summed E-state index contributed by atoms with van der Waals surface area (Å²) < 4.78 is 0. The van der Waals surface area contributed by atoms with Gasteiger partial charge < -0.3 is 0 Å². The first-order chi connectivity index (χ1) is 8.65. The van der Waals surface area contributed by atoms with Crippen LogP contribution in [0.25, 0.3) is 0 Å². The highest BCUT2D eigenvalue weighted by atomic mass is 79.9. The second kappa shape index (κ2) is 6.75. The molecule has 2 rings (SSSR count). The van der Waals surface area contributed by atoms with Gasteiger partial charge in [0.05, 0.1) is 0 Å². The summed E-state index contributed by atoms with van der Waals surface area (Å²) in [7, 11) is 0. The van der Waals surface area contributed by atoms with E-state index in [1.165, 1.54) is 37.7 Å². The molecule has 3 unspecified atom stereocenters. The topological polar surface area (TPSA) is 0 Å². The van der Waals surface area contributed by atoms with Crippen LogP contribution in [0.1, 0.15) is 56.3 Å². The molecule has 100 valence electrons. The Labute approximate surface area is 120 Å². The monoisotopic (exact) mass is 308 g/mol. The molecule has 1 aromatic rings. The predicted octanol–water partition coefficient (Wildman–Crippen LogP) is 5.98. The van der Waals surface area contributed by atoms with Crippen LogP contribution in [0.2, 0.25) is 0 Å². The Bertz CT molecular complexity index is 336. The lowest BCUT2D eigenvalue weighted by Crippen LogP contribution is -2.19. The Balaban J connectivity index is 1.81. The number of rotatable bonds is 4. The summed E-state index contributed by atoms with van der Waals surface area (Å²) in [5.74, 6) is 2.82. The van der Waals surface area contributed by atoms with Crippen LogP contribution in [0.4, 0.5) is 0 Å². The first-order valence-corrected chi connectivity index (χ1v) is 8.25. The van der Waals surface area contributed by atoms with E-state index in [1.807, 2.05) is 0 Å². The normalized spacial score (nSPS) is 30.1. The van der Waals surface area contributed by atoms with Crippen LogP contribution < -0.4 is 0 Å². The smallest absolute Gasteiger partial charge is 0.0395 e. The molecule has 18 heavy (non-hydrogen) atoms. The second-order valence-corrected chi connectivity index (χ2v) is 7.34. The molecule has 0 heterocycles. The van der Waals surface area contributed by atoms with Gasteiger partial charge in [-0.3, -0.25) is 0 Å². The number of hydrogen-bond acceptors (Lipinski definition) is 0. The predicted molar refractivity (Wildman–Crippen MR) is 83.0 cm³/mol. The molecule has 0 aliphatic heterocycles. The summed E-state index contributed by atoms with van der Waals surface area (Å²) in [5, 5.41) is 0. The average molecular weight is 309 g/mol. The molecule has 1 aromatic carbocycles. The molecular weight excluding hydrogens is 284 g/mol. The number of hydrogen-bond donors (Lipinski definition) is 0. The van der Waals surface area contributed by atoms with E-state index < -0.39 is 0 Å². The molecule has 0 bridgehead atoms. The lowest BCUT2D eigenvalue weighted by atomic mass is 9.75. The Morgan fingerprint density at radius 2 is 1.67 bits per heavy atom. The Kier molecular flexibility index (Phi) is 5.29. The van der Waals surface area contributed by atoms with Gasteiger partial charge >= 0.3 is 0 Å². The molecule has 3 atom stereocenters. The summed E-state index contributed by atoms with van der Waals surface area (Å²) >= 11 is 3.84. The molecule has 0 nitrogen and oxygen atoms in total. The minimum atomic E-state index is 0.534. The first-order valence-electron chi connectivity index (χ1n) is 7.34. The van der Waals surface area contributed by atoms with Crippen LogP contribution in [0.15, 0.2) is 30.3 Å². The third kappa shape index (κ3) is 4.12. The van der Waals surface area contributed by atoms with Gasteiger partial charge in [-0.1, -0.05) is 60.1 Å². The van der Waals surface area contributed by atoms with Gasteiger partial charge in [0.25, 0.3) is 0 Å². The molecule has 0 saturated heterocycles. The van der Waals surface area contributed by atoms with Crippen molar-refractivity contribution in [3.05, 3.63) is 35.9 Å². The van der Waals surface area contributed by atoms with Crippen molar-refractivity contribution in [3.8, 4) is 0 Å². The van der Waals surface area contributed by atoms with Crippen LogP contribution >= 0.6 is 15.9 Å². The summed E-state index contributed by atoms with van der Waals surface area (Å²) in [6.45, 7) is 4.84. The largest absolute Gasteiger partial charge is 0.0839 e. The molecule has 1 aliphatic carbocycles. The zero-order chi connectivity index (χ0) is 13.0. The molecule has 0 radical (unpaired) electrons. The molecule has 1 aliphatic rings. The van der Waals surface area contributed by atoms with E-state index in [9.17, 15) is 0 Å². The van der Waals surface area contributed by atoms with Crippen molar-refractivity contribution >= 4 is 15.9 Å². The maximum absolute atomic E-state index is 3.84. The van der Waals surface area contributed by atoms with E-state index in [0.717, 1.165) is 17.8 Å². The molecule has 0 N–H and O–H groups in total. The van der Waals surface area contributed by atoms with Gasteiger partial charge in [-0.15, -0.1) is 0 Å². The van der Waals surface area contributed by atoms with Crippen LogP contribution in [-0.2, 0) is 0 Å². The Morgan fingerprint density at radius 3 is 2.28 bits per heavy atom. The number of halogens is 1. The summed E-state index contributed by atoms with van der Waals surface area (Å²) in [4.78, 5) is 0.534. The molecule has 1 saturated carbocycles. The maximum Gasteiger partial charge on any atom is 0.0395 e. The summed E-state index contributed by atoms with van der Waals surface area (Å²) in [6.07, 6.45) is 6.97. The van der Waals surface area contributed by atoms with Gasteiger partial charge in [-0.05, 0) is 55.4 Å². The quantitative estimate of drug-likeness (QED) is 0.601. The second-order valence-electron chi connectivity index (χ2n) is 6.24. The van der Waals surface area contributed by atoms with Gasteiger partial charge in [0, 0.05) is 4.83 Å². The van der Waals surface area contributed by atoms with Crippen molar-refractivity contribution in [1.82, 2.24) is 0 Å². The van der Waals surface area contributed by atoms with Crippen molar-refractivity contribution in [1.29, 1.82) is 0 Å². The summed E-state index contributed by atoms with van der Waals surface area (Å²) in [6, 6.07) is 10.8. The SMILES string of the molecule is CC1CC(C)CC(CCC(Br)c2ccccc2)C1. The minimum Gasteiger partial charge on any atom is -0.0839 e. The van der Waals surface area contributed by atoms with E-state index in [-0.39, 0.29) is 0 Å². The molecule has 0 amide bonds. The highest BCUT2D eigenvalue weighted by Crippen LogP contribution is 2.38. The minimum absolute atomic E-state index is 0.534. The lowest BCUT2D eigenvalue weighted by molar-refractivity contribution is 0.207. The molecule has 0 aromatic heterocycles. The van der Waals surface area contributed by atoms with E-state index in [0.29, 0.717) is 4.83 Å². The van der Waals surface area contributed by atoms with E-state index in [2.05, 4.69) is 60.1 Å². The van der Waals surface area contributed by atoms with E-state index >= 15 is 0 Å². The third-order valence-electron chi connectivity index (χ3n) is 4.27. The van der Waals surface area contributed by atoms with Crippen molar-refractivity contribution in [2.45, 2.75) is 50.8 Å². The third-order valence-corrected chi connectivity index (χ3v) is 5.25. The van der Waals surface area contributed by atoms with Crippen LogP contribution in [0.3, 0.4) is 0 Å². The zero-order valence-electron chi connectivity index (χ0n) is 11.6. The van der Waals surface area contributed by atoms with Crippen molar-refractivity contribution in [2.75, 3.05) is 0 Å². The van der Waals surface area contributed by atoms with Gasteiger partial charge in [-0.2, -0.15) is 0 Å². The van der Waals surface area contributed by atoms with Crippen LogP contribution in [-0.4, -0.2) is 0 Å². The Hall–Kier alpha value is -0.300. The van der Waals surface area contributed by atoms with Gasteiger partial charge in [0.15, 0.2) is 0 Å². The molecule has 0 spiro atoms. The number of alkyl halides is 1. The lowest BCUT2D eigenvalue weighted by Gasteiger charge is -2.31. The maximum atomic E-state index is 3.84. The standard InChI is InChI=1S/C17H25Br/c1-13-10-14(2)12-15(11-13)8-9-17(18)16-6-4-3-5-7-16/h3-7,13-15,17H,8-12H2,1-2H3. The summed E-state index contributed by atoms with van der Waals surface area (Å²) in [5.41, 5.74) is 1.43. The highest BCUT2D eigenvalue weighted by Gasteiger charge is 2.24. The van der Waals surface area contributed by atoms with Crippen molar-refractivity contribution in [3.63, 3.8) is 0 Å². The fraction of sp³-hybridized carbons (Fsp3) is 0.647. The van der Waals surface area contributed by atoms with Crippen molar-refractivity contribution in [2.24, 2.45) is 17.8 Å². The zero-order valence-corrected chi connectivity index (χ0v) is 13.2.